The van der Waals surface area contributed by atoms with Crippen molar-refractivity contribution < 1.29 is 0 Å². The molecule has 0 atom stereocenters. The highest BCUT2D eigenvalue weighted by atomic mass is 32.2. The molecule has 2 heterocycles. The minimum absolute atomic E-state index is 0.527. The normalized spacial score (nSPS) is 10.6. The molecular weight excluding hydrogens is 246 g/mol. The fourth-order valence-electron chi connectivity index (χ4n) is 1.65. The molecule has 18 heavy (non-hydrogen) atoms. The van der Waals surface area contributed by atoms with Crippen molar-refractivity contribution in [3.63, 3.8) is 0 Å². The van der Waals surface area contributed by atoms with Crippen LogP contribution in [0.5, 0.6) is 0 Å². The fourth-order valence-corrected chi connectivity index (χ4v) is 2.68. The molecule has 0 saturated heterocycles. The van der Waals surface area contributed by atoms with Crippen LogP contribution in [0.3, 0.4) is 0 Å². The van der Waals surface area contributed by atoms with Crippen LogP contribution >= 0.6 is 11.8 Å². The van der Waals surface area contributed by atoms with Crippen LogP contribution in [0.15, 0.2) is 22.6 Å². The van der Waals surface area contributed by atoms with Gasteiger partial charge in [0.05, 0.1) is 0 Å². The Morgan fingerprint density at radius 1 is 1.17 bits per heavy atom. The number of aryl methyl sites for hydroxylation is 2. The highest BCUT2D eigenvalue weighted by molar-refractivity contribution is 7.99. The van der Waals surface area contributed by atoms with Gasteiger partial charge in [-0.2, -0.15) is 0 Å². The zero-order valence-corrected chi connectivity index (χ0v) is 11.5. The van der Waals surface area contributed by atoms with E-state index in [1.807, 2.05) is 26.8 Å². The number of nitrogens with two attached hydrogens (primary N) is 1. The van der Waals surface area contributed by atoms with Gasteiger partial charge in [0.1, 0.15) is 17.2 Å². The summed E-state index contributed by atoms with van der Waals surface area (Å²) in [6.45, 7) is 5.93. The van der Waals surface area contributed by atoms with Gasteiger partial charge in [-0.3, -0.25) is 0 Å². The molecule has 2 N–H and O–H groups in total. The third-order valence-corrected chi connectivity index (χ3v) is 3.35. The van der Waals surface area contributed by atoms with Crippen molar-refractivity contribution in [2.75, 3.05) is 5.73 Å². The van der Waals surface area contributed by atoms with Gasteiger partial charge < -0.3 is 5.73 Å². The lowest BCUT2D eigenvalue weighted by molar-refractivity contribution is 0.889. The van der Waals surface area contributed by atoms with Crippen LogP contribution in [0.2, 0.25) is 0 Å². The first-order valence-corrected chi connectivity index (χ1v) is 6.51. The van der Waals surface area contributed by atoms with E-state index in [4.69, 9.17) is 5.73 Å². The Morgan fingerprint density at radius 3 is 2.44 bits per heavy atom. The van der Waals surface area contributed by atoms with Crippen LogP contribution in [0.25, 0.3) is 0 Å². The van der Waals surface area contributed by atoms with Crippen molar-refractivity contribution in [1.29, 1.82) is 0 Å². The van der Waals surface area contributed by atoms with Crippen molar-refractivity contribution in [2.24, 2.45) is 0 Å². The number of nitrogens with zero attached hydrogens (tertiary/aromatic N) is 4. The predicted molar refractivity (Wildman–Crippen MR) is 71.5 cm³/mol. The quantitative estimate of drug-likeness (QED) is 0.674. The van der Waals surface area contributed by atoms with Gasteiger partial charge in [0.2, 0.25) is 0 Å². The van der Waals surface area contributed by atoms with Crippen molar-refractivity contribution >= 4 is 17.6 Å². The van der Waals surface area contributed by atoms with Crippen molar-refractivity contribution in [1.82, 2.24) is 19.9 Å². The number of hydrogen-bond donors (Lipinski definition) is 1. The Bertz CT molecular complexity index is 550. The summed E-state index contributed by atoms with van der Waals surface area (Å²) < 4.78 is 0. The van der Waals surface area contributed by atoms with E-state index >= 15 is 0 Å². The first-order chi connectivity index (χ1) is 8.60. The molecule has 0 unspecified atom stereocenters. The Balaban J connectivity index is 2.36. The van der Waals surface area contributed by atoms with Gasteiger partial charge in [-0.15, -0.1) is 0 Å². The van der Waals surface area contributed by atoms with E-state index in [1.54, 1.807) is 0 Å². The Kier molecular flexibility index (Phi) is 3.76. The van der Waals surface area contributed by atoms with Crippen LogP contribution in [0.4, 0.5) is 5.82 Å². The van der Waals surface area contributed by atoms with Crippen LogP contribution in [-0.4, -0.2) is 19.9 Å². The second-order valence-corrected chi connectivity index (χ2v) is 4.89. The first kappa shape index (κ1) is 12.8. The highest BCUT2D eigenvalue weighted by Crippen LogP contribution is 2.28. The smallest absolute Gasteiger partial charge is 0.194 e. The molecule has 2 rings (SSSR count). The van der Waals surface area contributed by atoms with Crippen LogP contribution in [0.1, 0.15) is 23.9 Å². The summed E-state index contributed by atoms with van der Waals surface area (Å²) >= 11 is 1.43. The molecule has 0 aliphatic rings. The van der Waals surface area contributed by atoms with Crippen LogP contribution in [0, 0.1) is 13.8 Å². The number of nitrogen functional groups attached to an aromatic ring is 1. The number of rotatable bonds is 3. The van der Waals surface area contributed by atoms with Gasteiger partial charge in [-0.1, -0.05) is 6.92 Å². The summed E-state index contributed by atoms with van der Waals surface area (Å²) in [4.78, 5) is 17.0. The SMILES string of the molecule is CCc1c(N)ncnc1Sc1nc(C)cc(C)n1. The molecule has 2 aromatic heterocycles. The highest BCUT2D eigenvalue weighted by Gasteiger charge is 2.11. The average Bonchev–Trinajstić information content (AvgIpc) is 2.27. The maximum absolute atomic E-state index is 5.84. The zero-order valence-electron chi connectivity index (χ0n) is 10.6. The summed E-state index contributed by atoms with van der Waals surface area (Å²) in [5.74, 6) is 0.527. The molecule has 0 saturated carbocycles. The molecule has 94 valence electrons. The van der Waals surface area contributed by atoms with Gasteiger partial charge in [0, 0.05) is 17.0 Å². The third kappa shape index (κ3) is 2.76. The van der Waals surface area contributed by atoms with Gasteiger partial charge in [-0.25, -0.2) is 19.9 Å². The average molecular weight is 261 g/mol. The molecule has 5 nitrogen and oxygen atoms in total. The molecule has 0 spiro atoms. The summed E-state index contributed by atoms with van der Waals surface area (Å²) in [6.07, 6.45) is 2.26. The fraction of sp³-hybridized carbons (Fsp3) is 0.333. The molecule has 0 radical (unpaired) electrons. The van der Waals surface area contributed by atoms with Crippen molar-refractivity contribution in [2.45, 2.75) is 37.4 Å². The molecule has 0 fully saturated rings. The molecule has 6 heteroatoms. The van der Waals surface area contributed by atoms with Crippen LogP contribution < -0.4 is 5.73 Å². The summed E-state index contributed by atoms with van der Waals surface area (Å²) in [5, 5.41) is 1.52. The Hall–Kier alpha value is -1.69. The van der Waals surface area contributed by atoms with E-state index in [0.29, 0.717) is 11.0 Å². The van der Waals surface area contributed by atoms with Crippen LogP contribution in [-0.2, 0) is 6.42 Å². The number of anilines is 1. The number of aromatic nitrogens is 4. The maximum atomic E-state index is 5.84. The summed E-state index contributed by atoms with van der Waals surface area (Å²) in [6, 6.07) is 1.94. The van der Waals surface area contributed by atoms with Gasteiger partial charge in [0.25, 0.3) is 0 Å². The van der Waals surface area contributed by atoms with Crippen molar-refractivity contribution in [3.05, 3.63) is 29.3 Å². The van der Waals surface area contributed by atoms with E-state index in [-0.39, 0.29) is 0 Å². The van der Waals surface area contributed by atoms with E-state index < -0.39 is 0 Å². The molecule has 0 aromatic carbocycles. The first-order valence-electron chi connectivity index (χ1n) is 5.69. The predicted octanol–water partition coefficient (Wildman–Crippen LogP) is 2.18. The van der Waals surface area contributed by atoms with E-state index in [1.165, 1.54) is 18.1 Å². The summed E-state index contributed by atoms with van der Waals surface area (Å²) in [5.41, 5.74) is 8.69. The van der Waals surface area contributed by atoms with E-state index in [0.717, 1.165) is 28.4 Å². The number of hydrogen-bond acceptors (Lipinski definition) is 6. The molecule has 0 bridgehead atoms. The molecule has 0 amide bonds. The summed E-state index contributed by atoms with van der Waals surface area (Å²) in [7, 11) is 0. The molecule has 2 aromatic rings. The zero-order chi connectivity index (χ0) is 13.1. The lowest BCUT2D eigenvalue weighted by Gasteiger charge is -2.07. The van der Waals surface area contributed by atoms with Gasteiger partial charge in [-0.05, 0) is 38.1 Å². The minimum Gasteiger partial charge on any atom is -0.383 e. The monoisotopic (exact) mass is 261 g/mol. The Labute approximate surface area is 110 Å². The molecular formula is C12H15N5S. The standard InChI is InChI=1S/C12H15N5S/c1-4-9-10(13)14-6-15-11(9)18-12-16-7(2)5-8(3)17-12/h5-6H,4H2,1-3H3,(H2,13,14,15). The Morgan fingerprint density at radius 2 is 1.83 bits per heavy atom. The second kappa shape index (κ2) is 5.30. The van der Waals surface area contributed by atoms with E-state index in [2.05, 4.69) is 19.9 Å². The maximum Gasteiger partial charge on any atom is 0.194 e. The van der Waals surface area contributed by atoms with Gasteiger partial charge >= 0.3 is 0 Å². The van der Waals surface area contributed by atoms with E-state index in [9.17, 15) is 0 Å². The lowest BCUT2D eigenvalue weighted by Crippen LogP contribution is -2.01. The molecule has 0 aliphatic heterocycles. The second-order valence-electron chi connectivity index (χ2n) is 3.93. The largest absolute Gasteiger partial charge is 0.383 e. The topological polar surface area (TPSA) is 77.6 Å². The lowest BCUT2D eigenvalue weighted by atomic mass is 10.2. The minimum atomic E-state index is 0.527. The third-order valence-electron chi connectivity index (χ3n) is 2.44. The molecule has 0 aliphatic carbocycles. The van der Waals surface area contributed by atoms with Gasteiger partial charge in [0.15, 0.2) is 5.16 Å². The van der Waals surface area contributed by atoms with Crippen molar-refractivity contribution in [3.8, 4) is 0 Å².